The van der Waals surface area contributed by atoms with Crippen LogP contribution >= 0.6 is 0 Å². The molecule has 2 aromatic rings. The maximum absolute atomic E-state index is 13.1. The average Bonchev–Trinajstić information content (AvgIpc) is 2.33. The summed E-state index contributed by atoms with van der Waals surface area (Å²) < 4.78 is 13.1. The molecule has 1 aromatic heterocycles. The summed E-state index contributed by atoms with van der Waals surface area (Å²) in [6.07, 6.45) is 0. The first kappa shape index (κ1) is 12.3. The van der Waals surface area contributed by atoms with E-state index < -0.39 is 0 Å². The molecule has 0 aliphatic rings. The van der Waals surface area contributed by atoms with Gasteiger partial charge in [-0.3, -0.25) is 0 Å². The third-order valence-electron chi connectivity index (χ3n) is 2.42. The first-order chi connectivity index (χ1) is 8.58. The van der Waals surface area contributed by atoms with Crippen molar-refractivity contribution in [2.75, 3.05) is 10.7 Å². The van der Waals surface area contributed by atoms with Crippen LogP contribution in [0.4, 0.5) is 21.8 Å². The standard InChI is InChI=1S/C12H14FN5/c1-7-5-9(3-4-10(7)13)16-12-15-8(2)6-11(17-12)18-14/h3-6H,14H2,1-2H3,(H2,15,16,17,18). The lowest BCUT2D eigenvalue weighted by Gasteiger charge is -2.08. The van der Waals surface area contributed by atoms with Crippen LogP contribution in [0.5, 0.6) is 0 Å². The summed E-state index contributed by atoms with van der Waals surface area (Å²) in [5, 5.41) is 3.00. The Kier molecular flexibility index (Phi) is 3.38. The number of aromatic nitrogens is 2. The third-order valence-corrected chi connectivity index (χ3v) is 2.42. The molecule has 6 heteroatoms. The molecule has 5 nitrogen and oxygen atoms in total. The fourth-order valence-corrected chi connectivity index (χ4v) is 1.55. The Morgan fingerprint density at radius 1 is 1.17 bits per heavy atom. The quantitative estimate of drug-likeness (QED) is 0.573. The van der Waals surface area contributed by atoms with Gasteiger partial charge in [0.1, 0.15) is 11.6 Å². The molecule has 0 aliphatic heterocycles. The molecule has 0 atom stereocenters. The molecule has 18 heavy (non-hydrogen) atoms. The second-order valence-corrected chi connectivity index (χ2v) is 3.95. The zero-order chi connectivity index (χ0) is 13.1. The van der Waals surface area contributed by atoms with Gasteiger partial charge in [0, 0.05) is 17.4 Å². The number of anilines is 3. The van der Waals surface area contributed by atoms with Crippen molar-refractivity contribution in [2.45, 2.75) is 13.8 Å². The molecule has 0 amide bonds. The number of nitrogens with zero attached hydrogens (tertiary/aromatic N) is 2. The Morgan fingerprint density at radius 2 is 1.94 bits per heavy atom. The molecular formula is C12H14FN5. The van der Waals surface area contributed by atoms with E-state index in [9.17, 15) is 4.39 Å². The number of nitrogen functional groups attached to an aromatic ring is 1. The van der Waals surface area contributed by atoms with Gasteiger partial charge in [0.2, 0.25) is 5.95 Å². The van der Waals surface area contributed by atoms with E-state index in [1.165, 1.54) is 6.07 Å². The highest BCUT2D eigenvalue weighted by atomic mass is 19.1. The molecular weight excluding hydrogens is 233 g/mol. The minimum Gasteiger partial charge on any atom is -0.324 e. The number of hydrogen-bond acceptors (Lipinski definition) is 5. The van der Waals surface area contributed by atoms with Crippen LogP contribution < -0.4 is 16.6 Å². The number of rotatable bonds is 3. The van der Waals surface area contributed by atoms with Gasteiger partial charge < -0.3 is 10.7 Å². The summed E-state index contributed by atoms with van der Waals surface area (Å²) in [6.45, 7) is 3.54. The Morgan fingerprint density at radius 3 is 2.61 bits per heavy atom. The molecule has 2 rings (SSSR count). The van der Waals surface area contributed by atoms with Crippen molar-refractivity contribution in [3.63, 3.8) is 0 Å². The molecule has 0 bridgehead atoms. The molecule has 0 spiro atoms. The number of hydrazine groups is 1. The summed E-state index contributed by atoms with van der Waals surface area (Å²) >= 11 is 0. The van der Waals surface area contributed by atoms with Gasteiger partial charge in [-0.05, 0) is 37.6 Å². The Balaban J connectivity index is 2.27. The van der Waals surface area contributed by atoms with E-state index in [1.807, 2.05) is 6.92 Å². The Bertz CT molecular complexity index is 570. The van der Waals surface area contributed by atoms with Crippen LogP contribution in [0.1, 0.15) is 11.3 Å². The van der Waals surface area contributed by atoms with Crippen molar-refractivity contribution >= 4 is 17.5 Å². The predicted octanol–water partition coefficient (Wildman–Crippen LogP) is 2.26. The van der Waals surface area contributed by atoms with E-state index in [-0.39, 0.29) is 5.82 Å². The van der Waals surface area contributed by atoms with Crippen molar-refractivity contribution in [1.82, 2.24) is 9.97 Å². The molecule has 0 unspecified atom stereocenters. The lowest BCUT2D eigenvalue weighted by Crippen LogP contribution is -2.10. The van der Waals surface area contributed by atoms with Crippen LogP contribution in [-0.2, 0) is 0 Å². The normalized spacial score (nSPS) is 10.2. The number of aryl methyl sites for hydroxylation is 2. The number of benzene rings is 1. The number of halogens is 1. The van der Waals surface area contributed by atoms with Crippen molar-refractivity contribution in [2.24, 2.45) is 5.84 Å². The number of nitrogens with two attached hydrogens (primary N) is 1. The highest BCUT2D eigenvalue weighted by molar-refractivity contribution is 5.56. The van der Waals surface area contributed by atoms with Crippen molar-refractivity contribution in [3.8, 4) is 0 Å². The number of nitrogens with one attached hydrogen (secondary N) is 2. The van der Waals surface area contributed by atoms with E-state index >= 15 is 0 Å². The summed E-state index contributed by atoms with van der Waals surface area (Å²) in [4.78, 5) is 8.37. The van der Waals surface area contributed by atoms with Crippen LogP contribution in [0.2, 0.25) is 0 Å². The molecule has 0 radical (unpaired) electrons. The highest BCUT2D eigenvalue weighted by Crippen LogP contribution is 2.18. The summed E-state index contributed by atoms with van der Waals surface area (Å²) in [7, 11) is 0. The Labute approximate surface area is 104 Å². The molecule has 1 heterocycles. The summed E-state index contributed by atoms with van der Waals surface area (Å²) in [5.74, 6) is 6.00. The van der Waals surface area contributed by atoms with Gasteiger partial charge in [0.05, 0.1) is 0 Å². The van der Waals surface area contributed by atoms with Crippen LogP contribution in [0, 0.1) is 19.7 Å². The zero-order valence-corrected chi connectivity index (χ0v) is 10.2. The van der Waals surface area contributed by atoms with Crippen LogP contribution in [0.3, 0.4) is 0 Å². The SMILES string of the molecule is Cc1cc(NN)nc(Nc2ccc(F)c(C)c2)n1. The molecule has 0 fully saturated rings. The van der Waals surface area contributed by atoms with Gasteiger partial charge in [-0.25, -0.2) is 15.2 Å². The fraction of sp³-hybridized carbons (Fsp3) is 0.167. The molecule has 0 saturated heterocycles. The van der Waals surface area contributed by atoms with Crippen LogP contribution in [-0.4, -0.2) is 9.97 Å². The maximum atomic E-state index is 13.1. The minimum atomic E-state index is -0.241. The lowest BCUT2D eigenvalue weighted by molar-refractivity contribution is 0.619. The monoisotopic (exact) mass is 247 g/mol. The smallest absolute Gasteiger partial charge is 0.229 e. The van der Waals surface area contributed by atoms with E-state index in [4.69, 9.17) is 5.84 Å². The second kappa shape index (κ2) is 4.97. The topological polar surface area (TPSA) is 75.9 Å². The van der Waals surface area contributed by atoms with Gasteiger partial charge in [-0.2, -0.15) is 4.98 Å². The predicted molar refractivity (Wildman–Crippen MR) is 69.0 cm³/mol. The first-order valence-corrected chi connectivity index (χ1v) is 5.44. The minimum absolute atomic E-state index is 0.241. The van der Waals surface area contributed by atoms with Gasteiger partial charge in [-0.15, -0.1) is 0 Å². The molecule has 1 aromatic carbocycles. The fourth-order valence-electron chi connectivity index (χ4n) is 1.55. The molecule has 94 valence electrons. The van der Waals surface area contributed by atoms with Crippen molar-refractivity contribution < 1.29 is 4.39 Å². The summed E-state index contributed by atoms with van der Waals surface area (Å²) in [6, 6.07) is 6.44. The Hall–Kier alpha value is -2.21. The maximum Gasteiger partial charge on any atom is 0.229 e. The van der Waals surface area contributed by atoms with Crippen molar-refractivity contribution in [3.05, 3.63) is 41.3 Å². The van der Waals surface area contributed by atoms with E-state index in [2.05, 4.69) is 20.7 Å². The van der Waals surface area contributed by atoms with Crippen LogP contribution in [0.15, 0.2) is 24.3 Å². The second-order valence-electron chi connectivity index (χ2n) is 3.95. The first-order valence-electron chi connectivity index (χ1n) is 5.44. The van der Waals surface area contributed by atoms with Crippen molar-refractivity contribution in [1.29, 1.82) is 0 Å². The molecule has 0 saturated carbocycles. The van der Waals surface area contributed by atoms with Gasteiger partial charge in [-0.1, -0.05) is 0 Å². The van der Waals surface area contributed by atoms with Gasteiger partial charge in [0.15, 0.2) is 0 Å². The largest absolute Gasteiger partial charge is 0.324 e. The zero-order valence-electron chi connectivity index (χ0n) is 10.2. The molecule has 0 aliphatic carbocycles. The average molecular weight is 247 g/mol. The van der Waals surface area contributed by atoms with Gasteiger partial charge in [0.25, 0.3) is 0 Å². The van der Waals surface area contributed by atoms with Crippen LogP contribution in [0.25, 0.3) is 0 Å². The van der Waals surface area contributed by atoms with E-state index in [1.54, 1.807) is 25.1 Å². The number of hydrogen-bond donors (Lipinski definition) is 3. The lowest BCUT2D eigenvalue weighted by atomic mass is 10.2. The third kappa shape index (κ3) is 2.72. The van der Waals surface area contributed by atoms with Gasteiger partial charge >= 0.3 is 0 Å². The van der Waals surface area contributed by atoms with E-state index in [0.717, 1.165) is 11.4 Å². The highest BCUT2D eigenvalue weighted by Gasteiger charge is 2.03. The molecule has 4 N–H and O–H groups in total. The van der Waals surface area contributed by atoms with E-state index in [0.29, 0.717) is 17.3 Å². The summed E-state index contributed by atoms with van der Waals surface area (Å²) in [5.41, 5.74) is 4.53.